The van der Waals surface area contributed by atoms with E-state index in [1.165, 1.54) is 0 Å². The molecule has 1 nitrogen and oxygen atoms in total. The van der Waals surface area contributed by atoms with Crippen molar-refractivity contribution in [2.75, 3.05) is 0 Å². The Morgan fingerprint density at radius 2 is 1.86 bits per heavy atom. The predicted octanol–water partition coefficient (Wildman–Crippen LogP) is 1.14. The molecule has 0 atom stereocenters. The molecule has 1 fully saturated rings. The third-order valence-electron chi connectivity index (χ3n) is 1.12. The van der Waals surface area contributed by atoms with Gasteiger partial charge in [-0.25, -0.2) is 0 Å². The summed E-state index contributed by atoms with van der Waals surface area (Å²) >= 11 is 5.56. The smallest absolute Gasteiger partial charge is 0.0365 e. The van der Waals surface area contributed by atoms with E-state index in [1.807, 2.05) is 0 Å². The van der Waals surface area contributed by atoms with Crippen molar-refractivity contribution in [1.82, 2.24) is 0 Å². The Morgan fingerprint density at radius 1 is 1.43 bits per heavy atom. The number of hydrogen-bond donors (Lipinski definition) is 1. The van der Waals surface area contributed by atoms with Crippen molar-refractivity contribution in [2.45, 2.75) is 24.3 Å². The molecule has 0 aromatic carbocycles. The predicted molar refractivity (Wildman–Crippen MR) is 34.1 cm³/mol. The molecule has 0 unspecified atom stereocenters. The van der Waals surface area contributed by atoms with Crippen molar-refractivity contribution < 1.29 is 0 Å². The second kappa shape index (κ2) is 2.75. The molecular formula is C4H9Cl2N. The van der Waals surface area contributed by atoms with E-state index in [0.29, 0.717) is 11.4 Å². The third kappa shape index (κ3) is 1.85. The van der Waals surface area contributed by atoms with Gasteiger partial charge in [-0.1, -0.05) is 0 Å². The summed E-state index contributed by atoms with van der Waals surface area (Å²) in [6, 6.07) is 0.410. The standard InChI is InChI=1S/C4H8ClN.ClH/c5-3-1-4(6)2-3;/h3-4H,1-2,6H2;1H. The normalized spacial score (nSPS) is 38.6. The van der Waals surface area contributed by atoms with E-state index in [9.17, 15) is 0 Å². The second-order valence-corrected chi connectivity index (χ2v) is 2.45. The summed E-state index contributed by atoms with van der Waals surface area (Å²) in [5.74, 6) is 0. The van der Waals surface area contributed by atoms with Gasteiger partial charge in [-0.2, -0.15) is 0 Å². The number of hydrogen-bond acceptors (Lipinski definition) is 1. The van der Waals surface area contributed by atoms with Gasteiger partial charge in [-0.15, -0.1) is 24.0 Å². The fourth-order valence-corrected chi connectivity index (χ4v) is 1.05. The van der Waals surface area contributed by atoms with Crippen LogP contribution in [0.1, 0.15) is 12.8 Å². The van der Waals surface area contributed by atoms with E-state index in [1.54, 1.807) is 0 Å². The fraction of sp³-hybridized carbons (Fsp3) is 1.00. The quantitative estimate of drug-likeness (QED) is 0.504. The summed E-state index contributed by atoms with van der Waals surface area (Å²) in [5, 5.41) is 0.389. The zero-order valence-electron chi connectivity index (χ0n) is 3.93. The first kappa shape index (κ1) is 7.54. The van der Waals surface area contributed by atoms with Crippen LogP contribution in [0.25, 0.3) is 0 Å². The van der Waals surface area contributed by atoms with Crippen LogP contribution in [-0.2, 0) is 0 Å². The summed E-state index contributed by atoms with van der Waals surface area (Å²) in [6.45, 7) is 0. The molecule has 3 heteroatoms. The summed E-state index contributed by atoms with van der Waals surface area (Å²) in [4.78, 5) is 0. The van der Waals surface area contributed by atoms with Crippen LogP contribution in [0.4, 0.5) is 0 Å². The second-order valence-electron chi connectivity index (χ2n) is 1.83. The molecule has 1 aliphatic rings. The van der Waals surface area contributed by atoms with Gasteiger partial charge >= 0.3 is 0 Å². The lowest BCUT2D eigenvalue weighted by Gasteiger charge is -2.26. The molecule has 0 saturated heterocycles. The SMILES string of the molecule is Cl.NC1CC(Cl)C1. The Balaban J connectivity index is 0.000000360. The number of halogens is 2. The van der Waals surface area contributed by atoms with Crippen LogP contribution < -0.4 is 5.73 Å². The monoisotopic (exact) mass is 141 g/mol. The van der Waals surface area contributed by atoms with E-state index in [2.05, 4.69) is 0 Å². The van der Waals surface area contributed by atoms with Gasteiger partial charge in [0.2, 0.25) is 0 Å². The zero-order valence-corrected chi connectivity index (χ0v) is 5.50. The van der Waals surface area contributed by atoms with Crippen LogP contribution in [0.3, 0.4) is 0 Å². The van der Waals surface area contributed by atoms with Gasteiger partial charge in [0.1, 0.15) is 0 Å². The molecule has 0 heterocycles. The minimum absolute atomic E-state index is 0. The molecule has 0 radical (unpaired) electrons. The highest BCUT2D eigenvalue weighted by molar-refractivity contribution is 6.21. The molecule has 1 aliphatic carbocycles. The highest BCUT2D eigenvalue weighted by Gasteiger charge is 2.22. The van der Waals surface area contributed by atoms with Crippen LogP contribution >= 0.6 is 24.0 Å². The van der Waals surface area contributed by atoms with Gasteiger partial charge in [-0.05, 0) is 12.8 Å². The maximum atomic E-state index is 5.56. The van der Waals surface area contributed by atoms with Crippen LogP contribution in [-0.4, -0.2) is 11.4 Å². The lowest BCUT2D eigenvalue weighted by molar-refractivity contribution is 0.426. The summed E-state index contributed by atoms with van der Waals surface area (Å²) in [7, 11) is 0. The number of alkyl halides is 1. The van der Waals surface area contributed by atoms with Crippen molar-refractivity contribution in [2.24, 2.45) is 5.73 Å². The first-order valence-electron chi connectivity index (χ1n) is 2.18. The van der Waals surface area contributed by atoms with Crippen molar-refractivity contribution in [3.63, 3.8) is 0 Å². The highest BCUT2D eigenvalue weighted by atomic mass is 35.5. The van der Waals surface area contributed by atoms with E-state index in [0.717, 1.165) is 12.8 Å². The Kier molecular flexibility index (Phi) is 2.96. The maximum Gasteiger partial charge on any atom is 0.0365 e. The molecule has 0 aromatic heterocycles. The highest BCUT2D eigenvalue weighted by Crippen LogP contribution is 2.22. The van der Waals surface area contributed by atoms with E-state index in [-0.39, 0.29) is 12.4 Å². The van der Waals surface area contributed by atoms with Gasteiger partial charge in [-0.3, -0.25) is 0 Å². The van der Waals surface area contributed by atoms with E-state index < -0.39 is 0 Å². The van der Waals surface area contributed by atoms with Gasteiger partial charge in [0.25, 0.3) is 0 Å². The Labute approximate surface area is 54.6 Å². The topological polar surface area (TPSA) is 26.0 Å². The minimum atomic E-state index is 0. The van der Waals surface area contributed by atoms with Crippen molar-refractivity contribution >= 4 is 24.0 Å². The Morgan fingerprint density at radius 3 is 1.86 bits per heavy atom. The molecule has 1 saturated carbocycles. The van der Waals surface area contributed by atoms with Crippen LogP contribution in [0.5, 0.6) is 0 Å². The van der Waals surface area contributed by atoms with Crippen LogP contribution in [0, 0.1) is 0 Å². The van der Waals surface area contributed by atoms with Crippen LogP contribution in [0.2, 0.25) is 0 Å². The van der Waals surface area contributed by atoms with Gasteiger partial charge in [0.15, 0.2) is 0 Å². The van der Waals surface area contributed by atoms with Gasteiger partial charge in [0.05, 0.1) is 0 Å². The first-order valence-corrected chi connectivity index (χ1v) is 2.62. The molecular weight excluding hydrogens is 133 g/mol. The van der Waals surface area contributed by atoms with Crippen molar-refractivity contribution in [3.8, 4) is 0 Å². The minimum Gasteiger partial charge on any atom is -0.328 e. The molecule has 0 aliphatic heterocycles. The van der Waals surface area contributed by atoms with E-state index >= 15 is 0 Å². The van der Waals surface area contributed by atoms with Crippen molar-refractivity contribution in [1.29, 1.82) is 0 Å². The third-order valence-corrected chi connectivity index (χ3v) is 1.47. The van der Waals surface area contributed by atoms with Gasteiger partial charge in [0, 0.05) is 11.4 Å². The summed E-state index contributed by atoms with van der Waals surface area (Å²) in [5.41, 5.74) is 5.38. The molecule has 0 spiro atoms. The Bertz CT molecular complexity index is 45.7. The van der Waals surface area contributed by atoms with Crippen LogP contribution in [0.15, 0.2) is 0 Å². The Hall–Kier alpha value is 0.540. The number of rotatable bonds is 0. The summed E-state index contributed by atoms with van der Waals surface area (Å²) < 4.78 is 0. The average Bonchev–Trinajstić information content (AvgIpc) is 1.33. The average molecular weight is 142 g/mol. The fourth-order valence-electron chi connectivity index (χ4n) is 0.588. The van der Waals surface area contributed by atoms with E-state index in [4.69, 9.17) is 17.3 Å². The molecule has 44 valence electrons. The lowest BCUT2D eigenvalue weighted by atomic mass is 9.94. The molecule has 1 rings (SSSR count). The largest absolute Gasteiger partial charge is 0.328 e. The maximum absolute atomic E-state index is 5.56. The molecule has 0 amide bonds. The molecule has 7 heavy (non-hydrogen) atoms. The molecule has 0 aromatic rings. The summed E-state index contributed by atoms with van der Waals surface area (Å²) in [6.07, 6.45) is 2.03. The lowest BCUT2D eigenvalue weighted by Crippen LogP contribution is -2.36. The first-order chi connectivity index (χ1) is 2.79. The molecule has 2 N–H and O–H groups in total. The van der Waals surface area contributed by atoms with Crippen molar-refractivity contribution in [3.05, 3.63) is 0 Å². The number of nitrogens with two attached hydrogens (primary N) is 1. The zero-order chi connectivity index (χ0) is 4.57. The van der Waals surface area contributed by atoms with Gasteiger partial charge < -0.3 is 5.73 Å². The molecule has 0 bridgehead atoms.